The summed E-state index contributed by atoms with van der Waals surface area (Å²) in [5, 5.41) is 5.66. The highest BCUT2D eigenvalue weighted by Gasteiger charge is 2.57. The monoisotopic (exact) mass is 666 g/mol. The van der Waals surface area contributed by atoms with E-state index in [0.29, 0.717) is 0 Å². The molecule has 0 aliphatic carbocycles. The zero-order valence-electron chi connectivity index (χ0n) is 26.0. The summed E-state index contributed by atoms with van der Waals surface area (Å²) in [6.07, 6.45) is -7.59. The van der Waals surface area contributed by atoms with Gasteiger partial charge in [-0.05, 0) is 0 Å². The van der Waals surface area contributed by atoms with Gasteiger partial charge in [0.1, 0.15) is 36.5 Å². The second-order valence-corrected chi connectivity index (χ2v) is 11.8. The standard InChI is InChI=1S/C34H38N2O12/c1-3-15-39-31-23-27(25-21(43-31)17-41-29(45-25)19-11-7-5-8-12-19)47-34(38)36-24-28(48-33(37)35-23)26-22(44-32(24)40-16-4-2)18-42-30(46-26)20-13-9-6-10-14-20/h3-14,21-32H,1-2,15-18H2,(H,35,37)(H,36,38)/t21-,22-,23-,24-,25-,26-,27-,28-,29-,30-,31+,32+/m1/s1. The second kappa shape index (κ2) is 14.7. The van der Waals surface area contributed by atoms with E-state index in [0.717, 1.165) is 11.1 Å². The van der Waals surface area contributed by atoms with E-state index in [1.165, 1.54) is 12.2 Å². The maximum Gasteiger partial charge on any atom is 0.408 e. The molecule has 0 aromatic heterocycles. The maximum absolute atomic E-state index is 13.8. The van der Waals surface area contributed by atoms with Gasteiger partial charge in [0.05, 0.1) is 26.4 Å². The molecule has 0 spiro atoms. The van der Waals surface area contributed by atoms with Crippen molar-refractivity contribution < 1.29 is 57.0 Å². The number of hydrogen-bond acceptors (Lipinski definition) is 12. The van der Waals surface area contributed by atoms with Crippen LogP contribution in [0.4, 0.5) is 9.59 Å². The van der Waals surface area contributed by atoms with Crippen LogP contribution in [0.5, 0.6) is 0 Å². The lowest BCUT2D eigenvalue weighted by Gasteiger charge is -2.51. The van der Waals surface area contributed by atoms with Gasteiger partial charge >= 0.3 is 12.2 Å². The summed E-state index contributed by atoms with van der Waals surface area (Å²) in [7, 11) is 0. The minimum absolute atomic E-state index is 0.0887. The van der Waals surface area contributed by atoms with Crippen molar-refractivity contribution in [2.45, 2.75) is 73.9 Å². The normalized spacial score (nSPS) is 37.8. The fourth-order valence-corrected chi connectivity index (χ4v) is 6.49. The van der Waals surface area contributed by atoms with E-state index in [1.54, 1.807) is 0 Å². The highest BCUT2D eigenvalue weighted by atomic mass is 16.8. The molecule has 2 aromatic carbocycles. The number of rotatable bonds is 8. The highest BCUT2D eigenvalue weighted by molar-refractivity contribution is 5.71. The third kappa shape index (κ3) is 6.84. The molecule has 14 heteroatoms. The van der Waals surface area contributed by atoms with Crippen molar-refractivity contribution in [3.05, 3.63) is 97.1 Å². The lowest BCUT2D eigenvalue weighted by atomic mass is 9.94. The van der Waals surface area contributed by atoms with Crippen LogP contribution >= 0.6 is 0 Å². The van der Waals surface area contributed by atoms with Crippen molar-refractivity contribution in [3.63, 3.8) is 0 Å². The Hall–Kier alpha value is -3.86. The van der Waals surface area contributed by atoms with E-state index in [-0.39, 0.29) is 26.4 Å². The molecule has 2 N–H and O–H groups in total. The number of amides is 2. The van der Waals surface area contributed by atoms with Crippen molar-refractivity contribution >= 4 is 12.2 Å². The number of carbonyl (C=O) groups is 2. The van der Waals surface area contributed by atoms with Crippen molar-refractivity contribution in [3.8, 4) is 0 Å². The molecule has 0 radical (unpaired) electrons. The van der Waals surface area contributed by atoms with Gasteiger partial charge in [-0.3, -0.25) is 0 Å². The van der Waals surface area contributed by atoms with E-state index >= 15 is 0 Å². The van der Waals surface area contributed by atoms with E-state index in [4.69, 9.17) is 47.4 Å². The van der Waals surface area contributed by atoms with Gasteiger partial charge in [0.15, 0.2) is 37.4 Å². The lowest BCUT2D eigenvalue weighted by Crippen LogP contribution is -2.72. The Morgan fingerprint density at radius 1 is 0.625 bits per heavy atom. The average Bonchev–Trinajstić information content (AvgIpc) is 3.12. The Kier molecular flexibility index (Phi) is 10.0. The van der Waals surface area contributed by atoms with Gasteiger partial charge < -0.3 is 58.0 Å². The van der Waals surface area contributed by atoms with Crippen molar-refractivity contribution in [2.24, 2.45) is 0 Å². The molecule has 5 aliphatic rings. The summed E-state index contributed by atoms with van der Waals surface area (Å²) in [4.78, 5) is 27.6. The largest absolute Gasteiger partial charge is 0.441 e. The fourth-order valence-electron chi connectivity index (χ4n) is 6.49. The van der Waals surface area contributed by atoms with Crippen LogP contribution in [0.1, 0.15) is 23.7 Å². The molecule has 48 heavy (non-hydrogen) atoms. The van der Waals surface area contributed by atoms with Gasteiger partial charge in [-0.1, -0.05) is 72.8 Å². The molecule has 14 nitrogen and oxygen atoms in total. The Morgan fingerprint density at radius 2 is 1.04 bits per heavy atom. The first-order valence-electron chi connectivity index (χ1n) is 15.9. The van der Waals surface area contributed by atoms with E-state index in [9.17, 15) is 9.59 Å². The molecule has 5 heterocycles. The van der Waals surface area contributed by atoms with Gasteiger partial charge in [-0.15, -0.1) is 13.2 Å². The number of fused-ring (bicyclic) bond motifs is 6. The predicted octanol–water partition coefficient (Wildman–Crippen LogP) is 3.01. The number of carbonyl (C=O) groups excluding carboxylic acids is 2. The number of nitrogens with one attached hydrogen (secondary N) is 2. The summed E-state index contributed by atoms with van der Waals surface area (Å²) in [5.41, 5.74) is 1.52. The average molecular weight is 667 g/mol. The molecule has 12 atom stereocenters. The smallest absolute Gasteiger partial charge is 0.408 e. The number of hydrogen-bond donors (Lipinski definition) is 2. The molecule has 5 aliphatic heterocycles. The number of alkyl carbamates (subject to hydrolysis) is 2. The SMILES string of the molecule is C=CCO[C@H]1O[C@@H]2CO[C@@H](c3ccccc3)O[C@H]2[C@@H]2OC(=O)N[C@H]3[C@@H](OCC=C)O[C@@H]4CO[C@@H](c5ccccc5)O[C@H]4[C@@H]3OC(=O)N[C@@H]12. The van der Waals surface area contributed by atoms with E-state index < -0.39 is 86.1 Å². The summed E-state index contributed by atoms with van der Waals surface area (Å²) >= 11 is 0. The van der Waals surface area contributed by atoms with Crippen LogP contribution in [0, 0.1) is 0 Å². The Morgan fingerprint density at radius 3 is 1.44 bits per heavy atom. The molecule has 5 saturated heterocycles. The second-order valence-electron chi connectivity index (χ2n) is 11.8. The van der Waals surface area contributed by atoms with Gasteiger partial charge in [-0.25, -0.2) is 9.59 Å². The van der Waals surface area contributed by atoms with E-state index in [1.807, 2.05) is 60.7 Å². The first-order valence-corrected chi connectivity index (χ1v) is 15.9. The van der Waals surface area contributed by atoms with Crippen molar-refractivity contribution in [1.29, 1.82) is 0 Å². The fraction of sp³-hybridized carbons (Fsp3) is 0.471. The molecule has 5 fully saturated rings. The third-order valence-corrected chi connectivity index (χ3v) is 8.63. The molecule has 256 valence electrons. The Balaban J connectivity index is 1.19. The van der Waals surface area contributed by atoms with Gasteiger partial charge in [0.2, 0.25) is 0 Å². The maximum atomic E-state index is 13.8. The van der Waals surface area contributed by atoms with Gasteiger partial charge in [0, 0.05) is 11.1 Å². The molecule has 0 saturated carbocycles. The molecular formula is C34H38N2O12. The van der Waals surface area contributed by atoms with Crippen molar-refractivity contribution in [1.82, 2.24) is 10.6 Å². The molecule has 0 bridgehead atoms. The molecule has 0 unspecified atom stereocenters. The van der Waals surface area contributed by atoms with Crippen LogP contribution in [-0.2, 0) is 47.4 Å². The van der Waals surface area contributed by atoms with Crippen LogP contribution in [0.25, 0.3) is 0 Å². The number of benzene rings is 2. The van der Waals surface area contributed by atoms with Crippen LogP contribution in [-0.4, -0.2) is 99.9 Å². The van der Waals surface area contributed by atoms with Crippen LogP contribution in [0.15, 0.2) is 86.0 Å². The van der Waals surface area contributed by atoms with Crippen LogP contribution in [0.2, 0.25) is 0 Å². The minimum atomic E-state index is -1.09. The van der Waals surface area contributed by atoms with Crippen LogP contribution < -0.4 is 10.6 Å². The molecule has 2 amide bonds. The molecule has 7 rings (SSSR count). The zero-order chi connectivity index (χ0) is 33.0. The first kappa shape index (κ1) is 32.7. The minimum Gasteiger partial charge on any atom is -0.441 e. The molecular weight excluding hydrogens is 628 g/mol. The summed E-state index contributed by atoms with van der Waals surface area (Å²) < 4.78 is 61.1. The van der Waals surface area contributed by atoms with Gasteiger partial charge in [0.25, 0.3) is 0 Å². The summed E-state index contributed by atoms with van der Waals surface area (Å²) in [6, 6.07) is 16.5. The molecule has 2 aromatic rings. The topological polar surface area (TPSA) is 151 Å². The zero-order valence-corrected chi connectivity index (χ0v) is 26.0. The van der Waals surface area contributed by atoms with Gasteiger partial charge in [-0.2, -0.15) is 0 Å². The first-order chi connectivity index (χ1) is 23.5. The Labute approximate surface area is 277 Å². The lowest BCUT2D eigenvalue weighted by molar-refractivity contribution is -0.348. The van der Waals surface area contributed by atoms with Crippen LogP contribution in [0.3, 0.4) is 0 Å². The van der Waals surface area contributed by atoms with E-state index in [2.05, 4.69) is 23.8 Å². The van der Waals surface area contributed by atoms with Crippen molar-refractivity contribution in [2.75, 3.05) is 26.4 Å². The highest BCUT2D eigenvalue weighted by Crippen LogP contribution is 2.38. The number of ether oxygens (including phenoxy) is 10. The summed E-state index contributed by atoms with van der Waals surface area (Å²) in [6.45, 7) is 7.82. The third-order valence-electron chi connectivity index (χ3n) is 8.63. The predicted molar refractivity (Wildman–Crippen MR) is 164 cm³/mol. The summed E-state index contributed by atoms with van der Waals surface area (Å²) in [5.74, 6) is 0. The quantitative estimate of drug-likeness (QED) is 0.399. The Bertz CT molecular complexity index is 1320.